The maximum absolute atomic E-state index is 12.9. The van der Waals surface area contributed by atoms with Gasteiger partial charge in [0.25, 0.3) is 5.91 Å². The van der Waals surface area contributed by atoms with Gasteiger partial charge >= 0.3 is 0 Å². The van der Waals surface area contributed by atoms with E-state index in [1.165, 1.54) is 11.3 Å². The van der Waals surface area contributed by atoms with E-state index in [-0.39, 0.29) is 24.5 Å². The summed E-state index contributed by atoms with van der Waals surface area (Å²) in [4.78, 5) is 17.1. The number of hydrogen-bond acceptors (Lipinski definition) is 4. The first-order chi connectivity index (χ1) is 18.5. The molecule has 6 heteroatoms. The number of piperazine rings is 1. The maximum Gasteiger partial charge on any atom is 0.260 e. The summed E-state index contributed by atoms with van der Waals surface area (Å²) in [6, 6.07) is 26.5. The number of para-hydroxylation sites is 1. The van der Waals surface area contributed by atoms with E-state index in [2.05, 4.69) is 43.0 Å². The number of hydrogen-bond donors (Lipinski definition) is 0. The Morgan fingerprint density at radius 3 is 2.45 bits per heavy atom. The molecular formula is C32H37ClN2O3. The van der Waals surface area contributed by atoms with E-state index < -0.39 is 0 Å². The lowest BCUT2D eigenvalue weighted by atomic mass is 9.76. The maximum atomic E-state index is 12.9. The Kier molecular flexibility index (Phi) is 8.55. The molecule has 0 radical (unpaired) electrons. The molecule has 2 saturated heterocycles. The summed E-state index contributed by atoms with van der Waals surface area (Å²) in [6.45, 7) is 8.26. The van der Waals surface area contributed by atoms with E-state index >= 15 is 0 Å². The summed E-state index contributed by atoms with van der Waals surface area (Å²) in [7, 11) is 0. The van der Waals surface area contributed by atoms with Crippen LogP contribution in [0.2, 0.25) is 5.02 Å². The molecule has 0 aliphatic carbocycles. The second-order valence-corrected chi connectivity index (χ2v) is 11.1. The topological polar surface area (TPSA) is 42.0 Å². The Hall–Kier alpha value is -3.02. The molecule has 0 saturated carbocycles. The molecule has 1 amide bonds. The second kappa shape index (κ2) is 12.2. The van der Waals surface area contributed by atoms with Crippen LogP contribution in [0.3, 0.4) is 0 Å². The Bertz CT molecular complexity index is 1210. The van der Waals surface area contributed by atoms with Crippen LogP contribution in [0.4, 0.5) is 5.69 Å². The molecule has 5 nitrogen and oxygen atoms in total. The van der Waals surface area contributed by atoms with E-state index in [0.717, 1.165) is 30.1 Å². The highest BCUT2D eigenvalue weighted by Gasteiger charge is 2.35. The van der Waals surface area contributed by atoms with Crippen LogP contribution in [0.25, 0.3) is 0 Å². The number of halogens is 1. The third kappa shape index (κ3) is 6.16. The quantitative estimate of drug-likeness (QED) is 0.344. The molecule has 200 valence electrons. The van der Waals surface area contributed by atoms with Gasteiger partial charge in [0.05, 0.1) is 12.7 Å². The third-order valence-electron chi connectivity index (χ3n) is 7.93. The zero-order valence-corrected chi connectivity index (χ0v) is 23.0. The lowest BCUT2D eigenvalue weighted by molar-refractivity contribution is -0.133. The fraction of sp³-hybridized carbons (Fsp3) is 0.406. The molecule has 3 aromatic carbocycles. The zero-order valence-electron chi connectivity index (χ0n) is 22.3. The summed E-state index contributed by atoms with van der Waals surface area (Å²) in [6.07, 6.45) is 1.00. The van der Waals surface area contributed by atoms with Crippen LogP contribution in [0, 0.1) is 11.8 Å². The summed E-state index contributed by atoms with van der Waals surface area (Å²) < 4.78 is 12.5. The van der Waals surface area contributed by atoms with Crippen molar-refractivity contribution in [1.29, 1.82) is 0 Å². The number of rotatable bonds is 7. The number of carbonyl (C=O) groups is 1. The van der Waals surface area contributed by atoms with Gasteiger partial charge in [0, 0.05) is 42.8 Å². The second-order valence-electron chi connectivity index (χ2n) is 10.7. The highest BCUT2D eigenvalue weighted by molar-refractivity contribution is 6.31. The van der Waals surface area contributed by atoms with Gasteiger partial charge in [-0.15, -0.1) is 0 Å². The fourth-order valence-corrected chi connectivity index (χ4v) is 6.01. The number of ether oxygens (including phenoxy) is 2. The van der Waals surface area contributed by atoms with Gasteiger partial charge in [-0.3, -0.25) is 4.79 Å². The number of anilines is 1. The van der Waals surface area contributed by atoms with Crippen LogP contribution in [0.5, 0.6) is 5.75 Å². The minimum atomic E-state index is -0.0148. The fourth-order valence-electron chi connectivity index (χ4n) is 5.72. The average molecular weight is 533 g/mol. The van der Waals surface area contributed by atoms with Crippen molar-refractivity contribution in [3.05, 3.63) is 95.0 Å². The first-order valence-electron chi connectivity index (χ1n) is 13.7. The first-order valence-corrected chi connectivity index (χ1v) is 14.0. The van der Waals surface area contributed by atoms with E-state index in [0.29, 0.717) is 37.3 Å². The van der Waals surface area contributed by atoms with Gasteiger partial charge in [-0.2, -0.15) is 0 Å². The molecule has 0 spiro atoms. The number of carbonyl (C=O) groups excluding carboxylic acids is 1. The minimum Gasteiger partial charge on any atom is -0.484 e. The van der Waals surface area contributed by atoms with Crippen molar-refractivity contribution in [3.8, 4) is 5.75 Å². The summed E-state index contributed by atoms with van der Waals surface area (Å²) in [5, 5.41) is 0.809. The SMILES string of the molecule is CC(C)[C@@H]1C[C@H](c2ccccc2Cl)CO[C@H]1c1cccc(OCC(=O)N2CCN(c3ccccc3)CC2)c1. The molecule has 0 aromatic heterocycles. The summed E-state index contributed by atoms with van der Waals surface area (Å²) in [5.74, 6) is 1.82. The van der Waals surface area contributed by atoms with Gasteiger partial charge in [0.15, 0.2) is 6.61 Å². The molecule has 0 N–H and O–H groups in total. The van der Waals surface area contributed by atoms with E-state index in [1.807, 2.05) is 59.5 Å². The predicted molar refractivity (Wildman–Crippen MR) is 153 cm³/mol. The molecule has 0 bridgehead atoms. The highest BCUT2D eigenvalue weighted by Crippen LogP contribution is 2.45. The third-order valence-corrected chi connectivity index (χ3v) is 8.27. The van der Waals surface area contributed by atoms with E-state index in [1.54, 1.807) is 0 Å². The Labute approximate surface area is 231 Å². The van der Waals surface area contributed by atoms with E-state index in [9.17, 15) is 4.79 Å². The van der Waals surface area contributed by atoms with Crippen LogP contribution in [0.15, 0.2) is 78.9 Å². The molecular weight excluding hydrogens is 496 g/mol. The van der Waals surface area contributed by atoms with Crippen LogP contribution >= 0.6 is 11.6 Å². The van der Waals surface area contributed by atoms with Crippen molar-refractivity contribution in [2.45, 2.75) is 32.3 Å². The summed E-state index contributed by atoms with van der Waals surface area (Å²) >= 11 is 6.51. The van der Waals surface area contributed by atoms with Gasteiger partial charge in [-0.25, -0.2) is 0 Å². The van der Waals surface area contributed by atoms with Gasteiger partial charge in [-0.05, 0) is 59.7 Å². The molecule has 2 heterocycles. The zero-order chi connectivity index (χ0) is 26.5. The molecule has 2 aliphatic rings. The van der Waals surface area contributed by atoms with Crippen LogP contribution in [-0.2, 0) is 9.53 Å². The Balaban J connectivity index is 1.18. The average Bonchev–Trinajstić information content (AvgIpc) is 2.96. The monoisotopic (exact) mass is 532 g/mol. The number of amides is 1. The van der Waals surface area contributed by atoms with E-state index in [4.69, 9.17) is 21.1 Å². The number of benzene rings is 3. The largest absolute Gasteiger partial charge is 0.484 e. The lowest BCUT2D eigenvalue weighted by Crippen LogP contribution is -2.50. The van der Waals surface area contributed by atoms with Crippen molar-refractivity contribution in [2.75, 3.05) is 44.3 Å². The first kappa shape index (κ1) is 26.6. The van der Waals surface area contributed by atoms with Crippen molar-refractivity contribution < 1.29 is 14.3 Å². The summed E-state index contributed by atoms with van der Waals surface area (Å²) in [5.41, 5.74) is 3.47. The lowest BCUT2D eigenvalue weighted by Gasteiger charge is -2.39. The highest BCUT2D eigenvalue weighted by atomic mass is 35.5. The molecule has 5 rings (SSSR count). The smallest absolute Gasteiger partial charge is 0.260 e. The van der Waals surface area contributed by atoms with Crippen molar-refractivity contribution in [3.63, 3.8) is 0 Å². The molecule has 3 atom stereocenters. The van der Waals surface area contributed by atoms with Gasteiger partial charge in [-0.1, -0.05) is 74.0 Å². The standard InChI is InChI=1S/C32H37ClN2O3/c1-23(2)29-20-25(28-13-6-7-14-30(28)33)21-38-32(29)24-9-8-12-27(19-24)37-22-31(36)35-17-15-34(16-18-35)26-10-4-3-5-11-26/h3-14,19,23,25,29,32H,15-18,20-22H2,1-2H3/t25-,29-,32-/m0/s1. The van der Waals surface area contributed by atoms with Gasteiger partial charge in [0.2, 0.25) is 0 Å². The van der Waals surface area contributed by atoms with Crippen molar-refractivity contribution in [1.82, 2.24) is 4.90 Å². The van der Waals surface area contributed by atoms with Crippen LogP contribution in [-0.4, -0.2) is 50.2 Å². The molecule has 2 aliphatic heterocycles. The van der Waals surface area contributed by atoms with Gasteiger partial charge < -0.3 is 19.3 Å². The molecule has 38 heavy (non-hydrogen) atoms. The molecule has 0 unspecified atom stereocenters. The van der Waals surface area contributed by atoms with Crippen LogP contribution in [0.1, 0.15) is 43.4 Å². The minimum absolute atomic E-state index is 0.0148. The predicted octanol–water partition coefficient (Wildman–Crippen LogP) is 6.59. The normalized spacial score (nSPS) is 21.9. The van der Waals surface area contributed by atoms with Gasteiger partial charge in [0.1, 0.15) is 5.75 Å². The number of nitrogens with zero attached hydrogens (tertiary/aromatic N) is 2. The molecule has 2 fully saturated rings. The van der Waals surface area contributed by atoms with Crippen molar-refractivity contribution in [2.24, 2.45) is 11.8 Å². The Morgan fingerprint density at radius 2 is 1.71 bits per heavy atom. The molecule has 3 aromatic rings. The van der Waals surface area contributed by atoms with Crippen LogP contribution < -0.4 is 9.64 Å². The Morgan fingerprint density at radius 1 is 0.974 bits per heavy atom. The van der Waals surface area contributed by atoms with Crippen molar-refractivity contribution >= 4 is 23.2 Å².